The van der Waals surface area contributed by atoms with Crippen molar-refractivity contribution in [3.05, 3.63) is 66.7 Å². The number of rotatable bonds is 6. The van der Waals surface area contributed by atoms with Gasteiger partial charge in [0.15, 0.2) is 11.6 Å². The SMILES string of the molecule is CCOC(=O)Nc1cc2c(cc1[N+](=O)[O-])C(=O)CCC2.CCOC(=O)Nc1ccc2c(c1[N+](=O)[O-])CCCC2=O. The second-order valence-corrected chi connectivity index (χ2v) is 8.77. The van der Waals surface area contributed by atoms with E-state index in [1.165, 1.54) is 24.3 Å². The quantitative estimate of drug-likeness (QED) is 0.345. The molecule has 14 heteroatoms. The third kappa shape index (κ3) is 6.95. The van der Waals surface area contributed by atoms with Crippen LogP contribution in [0.15, 0.2) is 24.3 Å². The summed E-state index contributed by atoms with van der Waals surface area (Å²) in [6, 6.07) is 5.61. The number of nitro groups is 2. The van der Waals surface area contributed by atoms with E-state index in [9.17, 15) is 39.4 Å². The Bertz CT molecular complexity index is 1340. The van der Waals surface area contributed by atoms with E-state index in [1.807, 2.05) is 0 Å². The smallest absolute Gasteiger partial charge is 0.411 e. The number of nitrogens with zero attached hydrogens (tertiary/aromatic N) is 2. The van der Waals surface area contributed by atoms with Crippen molar-refractivity contribution in [1.29, 1.82) is 0 Å². The predicted octanol–water partition coefficient (Wildman–Crippen LogP) is 5.36. The van der Waals surface area contributed by atoms with Gasteiger partial charge in [-0.25, -0.2) is 9.59 Å². The van der Waals surface area contributed by atoms with E-state index in [4.69, 9.17) is 9.47 Å². The van der Waals surface area contributed by atoms with E-state index in [0.717, 1.165) is 5.56 Å². The van der Waals surface area contributed by atoms with Gasteiger partial charge >= 0.3 is 12.2 Å². The highest BCUT2D eigenvalue weighted by molar-refractivity contribution is 6.02. The van der Waals surface area contributed by atoms with Gasteiger partial charge in [-0.1, -0.05) is 0 Å². The first-order valence-corrected chi connectivity index (χ1v) is 12.6. The Labute approximate surface area is 228 Å². The number of hydrogen-bond donors (Lipinski definition) is 2. The Hall–Kier alpha value is -4.88. The van der Waals surface area contributed by atoms with E-state index in [-0.39, 0.29) is 47.5 Å². The molecule has 0 aromatic heterocycles. The van der Waals surface area contributed by atoms with Crippen LogP contribution in [0.25, 0.3) is 0 Å². The number of hydrogen-bond acceptors (Lipinski definition) is 10. The molecule has 2 aliphatic rings. The summed E-state index contributed by atoms with van der Waals surface area (Å²) < 4.78 is 9.41. The van der Waals surface area contributed by atoms with Gasteiger partial charge in [0.1, 0.15) is 11.4 Å². The number of fused-ring (bicyclic) bond motifs is 2. The summed E-state index contributed by atoms with van der Waals surface area (Å²) in [5.41, 5.74) is 1.45. The molecule has 212 valence electrons. The molecule has 2 amide bonds. The molecule has 2 aromatic carbocycles. The summed E-state index contributed by atoms with van der Waals surface area (Å²) in [6.07, 6.45) is 1.70. The number of ketones is 2. The summed E-state index contributed by atoms with van der Waals surface area (Å²) in [7, 11) is 0. The normalized spacial score (nSPS) is 13.6. The fourth-order valence-electron chi connectivity index (χ4n) is 4.50. The molecule has 40 heavy (non-hydrogen) atoms. The molecule has 0 spiro atoms. The topological polar surface area (TPSA) is 197 Å². The Morgan fingerprint density at radius 3 is 1.95 bits per heavy atom. The van der Waals surface area contributed by atoms with Crippen molar-refractivity contribution in [1.82, 2.24) is 0 Å². The number of nitrogens with one attached hydrogen (secondary N) is 2. The maximum atomic E-state index is 11.8. The van der Waals surface area contributed by atoms with Crippen molar-refractivity contribution >= 4 is 46.5 Å². The van der Waals surface area contributed by atoms with Crippen LogP contribution in [0.5, 0.6) is 0 Å². The molecule has 2 aromatic rings. The minimum absolute atomic E-state index is 0.0573. The molecular weight excluding hydrogens is 528 g/mol. The van der Waals surface area contributed by atoms with Gasteiger partial charge in [0, 0.05) is 35.6 Å². The van der Waals surface area contributed by atoms with Crippen molar-refractivity contribution in [2.45, 2.75) is 52.4 Å². The number of anilines is 2. The van der Waals surface area contributed by atoms with E-state index >= 15 is 0 Å². The standard InChI is InChI=1S/2C13H14N2O5/c1-2-20-13(17)14-10-6-8-4-3-5-12(16)9(8)7-11(10)15(18)19;1-2-20-13(17)14-10-7-6-8-9(12(10)15(18)19)4-3-5-11(8)16/h2*6-7H,2-5H2,1H3,(H,14,17). The van der Waals surface area contributed by atoms with Crippen LogP contribution in [0.1, 0.15) is 71.4 Å². The van der Waals surface area contributed by atoms with Crippen molar-refractivity contribution < 1.29 is 38.5 Å². The molecule has 0 radical (unpaired) electrons. The number of benzene rings is 2. The van der Waals surface area contributed by atoms with Crippen LogP contribution in [0.3, 0.4) is 0 Å². The largest absolute Gasteiger partial charge is 0.450 e. The van der Waals surface area contributed by atoms with E-state index < -0.39 is 22.0 Å². The molecule has 0 unspecified atom stereocenters. The zero-order valence-corrected chi connectivity index (χ0v) is 21.9. The Balaban J connectivity index is 0.000000220. The highest BCUT2D eigenvalue weighted by Crippen LogP contribution is 2.36. The number of carbonyl (C=O) groups excluding carboxylic acids is 4. The van der Waals surface area contributed by atoms with Gasteiger partial charge in [0.05, 0.1) is 23.1 Å². The molecule has 4 rings (SSSR count). The third-order valence-corrected chi connectivity index (χ3v) is 6.19. The van der Waals surface area contributed by atoms with Gasteiger partial charge in [0.25, 0.3) is 11.4 Å². The predicted molar refractivity (Wildman–Crippen MR) is 142 cm³/mol. The summed E-state index contributed by atoms with van der Waals surface area (Å²) >= 11 is 0. The number of Topliss-reactive ketones (excluding diaryl/α,β-unsaturated/α-hetero) is 2. The van der Waals surface area contributed by atoms with Gasteiger partial charge in [-0.2, -0.15) is 0 Å². The first-order chi connectivity index (χ1) is 19.1. The Morgan fingerprint density at radius 1 is 0.800 bits per heavy atom. The molecule has 0 bridgehead atoms. The highest BCUT2D eigenvalue weighted by Gasteiger charge is 2.29. The van der Waals surface area contributed by atoms with Crippen LogP contribution in [0.4, 0.5) is 32.3 Å². The molecule has 2 aliphatic carbocycles. The first kappa shape index (κ1) is 29.7. The lowest BCUT2D eigenvalue weighted by atomic mass is 9.89. The van der Waals surface area contributed by atoms with Crippen molar-refractivity contribution in [3.8, 4) is 0 Å². The van der Waals surface area contributed by atoms with Crippen LogP contribution in [0.2, 0.25) is 0 Å². The lowest BCUT2D eigenvalue weighted by Crippen LogP contribution is -2.18. The zero-order chi connectivity index (χ0) is 29.4. The molecule has 0 fully saturated rings. The summed E-state index contributed by atoms with van der Waals surface area (Å²) in [4.78, 5) is 67.4. The summed E-state index contributed by atoms with van der Waals surface area (Å²) in [6.45, 7) is 3.62. The van der Waals surface area contributed by atoms with Gasteiger partial charge in [-0.15, -0.1) is 0 Å². The lowest BCUT2D eigenvalue weighted by Gasteiger charge is -2.16. The maximum Gasteiger partial charge on any atom is 0.411 e. The Morgan fingerprint density at radius 2 is 1.38 bits per heavy atom. The van der Waals surface area contributed by atoms with E-state index in [0.29, 0.717) is 55.2 Å². The van der Waals surface area contributed by atoms with Gasteiger partial charge < -0.3 is 9.47 Å². The van der Waals surface area contributed by atoms with Crippen LogP contribution < -0.4 is 10.6 Å². The molecule has 0 saturated heterocycles. The fraction of sp³-hybridized carbons (Fsp3) is 0.385. The molecule has 0 saturated carbocycles. The number of aryl methyl sites for hydroxylation is 1. The first-order valence-electron chi connectivity index (χ1n) is 12.6. The van der Waals surface area contributed by atoms with Gasteiger partial charge in [-0.3, -0.25) is 40.5 Å². The molecule has 14 nitrogen and oxygen atoms in total. The monoisotopic (exact) mass is 556 g/mol. The number of nitro benzene ring substituents is 2. The van der Waals surface area contributed by atoms with Gasteiger partial charge in [-0.05, 0) is 63.3 Å². The summed E-state index contributed by atoms with van der Waals surface area (Å²) in [5.74, 6) is -0.200. The minimum Gasteiger partial charge on any atom is -0.450 e. The second kappa shape index (κ2) is 13.3. The third-order valence-electron chi connectivity index (χ3n) is 6.19. The number of amides is 2. The fourth-order valence-corrected chi connectivity index (χ4v) is 4.50. The number of carbonyl (C=O) groups is 4. The van der Waals surface area contributed by atoms with Crippen LogP contribution >= 0.6 is 0 Å². The molecule has 0 atom stereocenters. The second-order valence-electron chi connectivity index (χ2n) is 8.77. The molecule has 0 heterocycles. The van der Waals surface area contributed by atoms with Crippen LogP contribution in [0, 0.1) is 20.2 Å². The van der Waals surface area contributed by atoms with Crippen molar-refractivity contribution in [3.63, 3.8) is 0 Å². The van der Waals surface area contributed by atoms with Crippen LogP contribution in [-0.2, 0) is 22.3 Å². The zero-order valence-electron chi connectivity index (χ0n) is 21.9. The average molecular weight is 557 g/mol. The van der Waals surface area contributed by atoms with Crippen LogP contribution in [-0.4, -0.2) is 46.8 Å². The minimum atomic E-state index is -0.752. The lowest BCUT2D eigenvalue weighted by molar-refractivity contribution is -0.384. The highest BCUT2D eigenvalue weighted by atomic mass is 16.6. The van der Waals surface area contributed by atoms with E-state index in [2.05, 4.69) is 10.6 Å². The van der Waals surface area contributed by atoms with Crippen molar-refractivity contribution in [2.75, 3.05) is 23.8 Å². The summed E-state index contributed by atoms with van der Waals surface area (Å²) in [5, 5.41) is 27.0. The average Bonchev–Trinajstić information content (AvgIpc) is 2.89. The molecule has 0 aliphatic heterocycles. The maximum absolute atomic E-state index is 11.8. The Kier molecular flexibility index (Phi) is 9.84. The number of ether oxygens (including phenoxy) is 2. The van der Waals surface area contributed by atoms with E-state index in [1.54, 1.807) is 13.8 Å². The van der Waals surface area contributed by atoms with Crippen molar-refractivity contribution in [2.24, 2.45) is 0 Å². The van der Waals surface area contributed by atoms with Gasteiger partial charge in [0.2, 0.25) is 0 Å². The molecule has 2 N–H and O–H groups in total. The molecular formula is C26H28N4O10.